The highest BCUT2D eigenvalue weighted by Gasteiger charge is 2.25. The first kappa shape index (κ1) is 34.2. The molecular weight excluding hydrogens is 704 g/mol. The Morgan fingerprint density at radius 3 is 1.02 bits per heavy atom. The van der Waals surface area contributed by atoms with Crippen molar-refractivity contribution in [2.75, 3.05) is 0 Å². The fraction of sp³-hybridized carbons (Fsp3) is 0.278. The summed E-state index contributed by atoms with van der Waals surface area (Å²) in [6.07, 6.45) is -2.55. The summed E-state index contributed by atoms with van der Waals surface area (Å²) >= 11 is 7.05. The van der Waals surface area contributed by atoms with Gasteiger partial charge in [0, 0.05) is 8.95 Å². The van der Waals surface area contributed by atoms with Crippen LogP contribution in [-0.2, 0) is 14.2 Å². The number of benzene rings is 4. The summed E-state index contributed by atoms with van der Waals surface area (Å²) in [7, 11) is 0. The molecule has 0 N–H and O–H groups in total. The Bertz CT molecular complexity index is 1450. The summed E-state index contributed by atoms with van der Waals surface area (Å²) < 4.78 is 30.2. The minimum Gasteiger partial charge on any atom is -0.428 e. The lowest BCUT2D eigenvalue weighted by molar-refractivity contribution is 0.0193. The van der Waals surface area contributed by atoms with Crippen LogP contribution in [0.25, 0.3) is 0 Å². The SMILES string of the molecule is CC(C)(C)OC(=O)Oc1ccc(C(OC(c2ccc(Br)cc2)c2ccc(OC(=O)OC(C)(C)C)cc2)c2ccc(Br)cc2)cc1. The summed E-state index contributed by atoms with van der Waals surface area (Å²) in [6, 6.07) is 30.1. The van der Waals surface area contributed by atoms with Crippen LogP contribution in [0.1, 0.15) is 76.0 Å². The van der Waals surface area contributed by atoms with Gasteiger partial charge in [0.05, 0.1) is 0 Å². The highest BCUT2D eigenvalue weighted by atomic mass is 79.9. The summed E-state index contributed by atoms with van der Waals surface area (Å²) in [6.45, 7) is 10.7. The quantitative estimate of drug-likeness (QED) is 0.131. The Hall–Kier alpha value is -3.66. The van der Waals surface area contributed by atoms with Gasteiger partial charge in [0.25, 0.3) is 0 Å². The normalized spacial score (nSPS) is 13.0. The van der Waals surface area contributed by atoms with E-state index < -0.39 is 35.7 Å². The maximum Gasteiger partial charge on any atom is 0.514 e. The van der Waals surface area contributed by atoms with E-state index in [-0.39, 0.29) is 0 Å². The second-order valence-corrected chi connectivity index (χ2v) is 14.1. The number of hydrogen-bond acceptors (Lipinski definition) is 7. The van der Waals surface area contributed by atoms with Crippen LogP contribution in [0, 0.1) is 0 Å². The van der Waals surface area contributed by atoms with E-state index in [0.29, 0.717) is 11.5 Å². The van der Waals surface area contributed by atoms with Gasteiger partial charge in [-0.15, -0.1) is 0 Å². The maximum atomic E-state index is 12.2. The molecule has 0 saturated carbocycles. The Labute approximate surface area is 281 Å². The van der Waals surface area contributed by atoms with Crippen molar-refractivity contribution in [3.05, 3.63) is 128 Å². The highest BCUT2D eigenvalue weighted by molar-refractivity contribution is 9.10. The molecule has 0 bridgehead atoms. The first-order valence-corrected chi connectivity index (χ1v) is 15.9. The van der Waals surface area contributed by atoms with Gasteiger partial charge in [-0.05, 0) is 112 Å². The Morgan fingerprint density at radius 2 is 0.756 bits per heavy atom. The number of ether oxygens (including phenoxy) is 5. The van der Waals surface area contributed by atoms with Crippen LogP contribution in [0.15, 0.2) is 106 Å². The second-order valence-electron chi connectivity index (χ2n) is 12.3. The third-order valence-electron chi connectivity index (χ3n) is 6.16. The molecule has 0 spiro atoms. The molecule has 45 heavy (non-hydrogen) atoms. The summed E-state index contributed by atoms with van der Waals surface area (Å²) in [5.74, 6) is 0.709. The largest absolute Gasteiger partial charge is 0.514 e. The zero-order valence-electron chi connectivity index (χ0n) is 26.0. The smallest absolute Gasteiger partial charge is 0.428 e. The molecule has 0 amide bonds. The van der Waals surface area contributed by atoms with E-state index in [9.17, 15) is 9.59 Å². The van der Waals surface area contributed by atoms with E-state index in [1.54, 1.807) is 65.8 Å². The van der Waals surface area contributed by atoms with Gasteiger partial charge in [-0.1, -0.05) is 80.4 Å². The van der Waals surface area contributed by atoms with E-state index in [1.165, 1.54) is 0 Å². The Balaban J connectivity index is 1.66. The summed E-state index contributed by atoms with van der Waals surface area (Å²) in [5, 5.41) is 0. The van der Waals surface area contributed by atoms with Gasteiger partial charge >= 0.3 is 12.3 Å². The van der Waals surface area contributed by atoms with Gasteiger partial charge in [0.15, 0.2) is 0 Å². The molecule has 0 radical (unpaired) electrons. The second kappa shape index (κ2) is 14.6. The zero-order chi connectivity index (χ0) is 32.8. The molecule has 0 aliphatic rings. The topological polar surface area (TPSA) is 80.3 Å². The van der Waals surface area contributed by atoms with E-state index in [1.807, 2.05) is 72.8 Å². The fourth-order valence-corrected chi connectivity index (χ4v) is 4.79. The predicted molar refractivity (Wildman–Crippen MR) is 180 cm³/mol. The van der Waals surface area contributed by atoms with Crippen LogP contribution < -0.4 is 9.47 Å². The molecule has 0 fully saturated rings. The number of carbonyl (C=O) groups excluding carboxylic acids is 2. The van der Waals surface area contributed by atoms with Crippen LogP contribution in [-0.4, -0.2) is 23.5 Å². The van der Waals surface area contributed by atoms with Crippen LogP contribution >= 0.6 is 31.9 Å². The van der Waals surface area contributed by atoms with Crippen molar-refractivity contribution < 1.29 is 33.3 Å². The highest BCUT2D eigenvalue weighted by Crippen LogP contribution is 2.38. The molecule has 4 rings (SSSR count). The first-order valence-electron chi connectivity index (χ1n) is 14.3. The molecule has 236 valence electrons. The third-order valence-corrected chi connectivity index (χ3v) is 7.22. The van der Waals surface area contributed by atoms with Crippen LogP contribution in [0.5, 0.6) is 11.5 Å². The number of halogens is 2. The fourth-order valence-electron chi connectivity index (χ4n) is 4.27. The maximum absolute atomic E-state index is 12.2. The summed E-state index contributed by atoms with van der Waals surface area (Å²) in [5.41, 5.74) is 2.21. The van der Waals surface area contributed by atoms with Gasteiger partial charge in [0.1, 0.15) is 34.9 Å². The number of carbonyl (C=O) groups is 2. The van der Waals surface area contributed by atoms with Crippen molar-refractivity contribution in [1.29, 1.82) is 0 Å². The standard InChI is InChI=1S/C36H36Br2O7/c1-35(2,3)44-33(39)41-29-19-11-25(12-20-29)31(23-7-15-27(37)16-8-23)43-32(24-9-17-28(38)18-10-24)26-13-21-30(22-14-26)42-34(40)45-36(4,5)6/h7-22,31-32H,1-6H3. The van der Waals surface area contributed by atoms with Gasteiger partial charge < -0.3 is 23.7 Å². The Kier molecular flexibility index (Phi) is 11.1. The van der Waals surface area contributed by atoms with Crippen LogP contribution in [0.2, 0.25) is 0 Å². The Morgan fingerprint density at radius 1 is 0.489 bits per heavy atom. The molecule has 0 aliphatic heterocycles. The van der Waals surface area contributed by atoms with Gasteiger partial charge in [-0.25, -0.2) is 9.59 Å². The molecule has 0 aromatic heterocycles. The molecule has 4 aromatic carbocycles. The van der Waals surface area contributed by atoms with Crippen molar-refractivity contribution in [1.82, 2.24) is 0 Å². The molecule has 2 unspecified atom stereocenters. The van der Waals surface area contributed by atoms with E-state index in [4.69, 9.17) is 23.7 Å². The van der Waals surface area contributed by atoms with E-state index >= 15 is 0 Å². The van der Waals surface area contributed by atoms with Crippen molar-refractivity contribution in [3.8, 4) is 11.5 Å². The third kappa shape index (κ3) is 10.7. The van der Waals surface area contributed by atoms with Crippen LogP contribution in [0.3, 0.4) is 0 Å². The minimum atomic E-state index is -0.773. The van der Waals surface area contributed by atoms with Crippen molar-refractivity contribution >= 4 is 44.2 Å². The lowest BCUT2D eigenvalue weighted by Gasteiger charge is -2.27. The molecular formula is C36H36Br2O7. The average Bonchev–Trinajstić information content (AvgIpc) is 2.94. The van der Waals surface area contributed by atoms with E-state index in [2.05, 4.69) is 31.9 Å². The van der Waals surface area contributed by atoms with Gasteiger partial charge in [-0.2, -0.15) is 0 Å². The average molecular weight is 740 g/mol. The van der Waals surface area contributed by atoms with Crippen molar-refractivity contribution in [3.63, 3.8) is 0 Å². The summed E-state index contributed by atoms with van der Waals surface area (Å²) in [4.78, 5) is 24.4. The molecule has 0 aliphatic carbocycles. The lowest BCUT2D eigenvalue weighted by Crippen LogP contribution is -2.26. The molecule has 0 heterocycles. The molecule has 9 heteroatoms. The predicted octanol–water partition coefficient (Wildman–Crippen LogP) is 10.7. The molecule has 2 atom stereocenters. The van der Waals surface area contributed by atoms with Crippen molar-refractivity contribution in [2.45, 2.75) is 65.0 Å². The van der Waals surface area contributed by atoms with Crippen LogP contribution in [0.4, 0.5) is 9.59 Å². The van der Waals surface area contributed by atoms with Gasteiger partial charge in [0.2, 0.25) is 0 Å². The lowest BCUT2D eigenvalue weighted by atomic mass is 9.98. The monoisotopic (exact) mass is 738 g/mol. The van der Waals surface area contributed by atoms with Crippen molar-refractivity contribution in [2.24, 2.45) is 0 Å². The molecule has 0 saturated heterocycles. The first-order chi connectivity index (χ1) is 21.1. The minimum absolute atomic E-state index is 0.354. The molecule has 4 aromatic rings. The number of hydrogen-bond donors (Lipinski definition) is 0. The van der Waals surface area contributed by atoms with Gasteiger partial charge in [-0.3, -0.25) is 0 Å². The molecule has 7 nitrogen and oxygen atoms in total. The van der Waals surface area contributed by atoms with E-state index in [0.717, 1.165) is 31.2 Å². The number of rotatable bonds is 8. The zero-order valence-corrected chi connectivity index (χ0v) is 29.2.